The smallest absolute Gasteiger partial charge is 0.335 e. The van der Waals surface area contributed by atoms with Gasteiger partial charge in [0, 0.05) is 19.6 Å². The van der Waals surface area contributed by atoms with Gasteiger partial charge in [0.1, 0.15) is 0 Å². The van der Waals surface area contributed by atoms with Crippen LogP contribution in [0.4, 0.5) is 0 Å². The van der Waals surface area contributed by atoms with E-state index in [1.807, 2.05) is 13.8 Å². The standard InChI is InChI=1S/C17H28N2O4S/c1-5-18(6-2)11-12-19(13-14(3)4)24(22,23)16-9-7-15(8-10-16)17(20)21/h7-10,14H,5-6,11-13H2,1-4H3,(H,20,21). The van der Waals surface area contributed by atoms with Crippen molar-refractivity contribution >= 4 is 16.0 Å². The topological polar surface area (TPSA) is 77.9 Å². The first kappa shape index (κ1) is 20.6. The second kappa shape index (κ2) is 9.15. The average molecular weight is 356 g/mol. The van der Waals surface area contributed by atoms with Gasteiger partial charge in [-0.05, 0) is 43.3 Å². The van der Waals surface area contributed by atoms with Crippen LogP contribution in [0.3, 0.4) is 0 Å². The molecule has 0 heterocycles. The van der Waals surface area contributed by atoms with Crippen molar-refractivity contribution < 1.29 is 18.3 Å². The molecule has 0 amide bonds. The number of rotatable bonds is 10. The van der Waals surface area contributed by atoms with Crippen molar-refractivity contribution in [2.24, 2.45) is 5.92 Å². The van der Waals surface area contributed by atoms with E-state index in [2.05, 4.69) is 18.7 Å². The molecule has 0 spiro atoms. The van der Waals surface area contributed by atoms with E-state index in [9.17, 15) is 13.2 Å². The van der Waals surface area contributed by atoms with Gasteiger partial charge in [0.15, 0.2) is 0 Å². The minimum Gasteiger partial charge on any atom is -0.478 e. The summed E-state index contributed by atoms with van der Waals surface area (Å²) in [6.45, 7) is 11.3. The van der Waals surface area contributed by atoms with E-state index in [1.165, 1.54) is 28.6 Å². The lowest BCUT2D eigenvalue weighted by Crippen LogP contribution is -2.40. The normalized spacial score (nSPS) is 12.3. The molecule has 0 saturated heterocycles. The van der Waals surface area contributed by atoms with Crippen LogP contribution in [0.25, 0.3) is 0 Å². The molecule has 1 rings (SSSR count). The van der Waals surface area contributed by atoms with Crippen LogP contribution >= 0.6 is 0 Å². The van der Waals surface area contributed by atoms with Crippen molar-refractivity contribution in [2.45, 2.75) is 32.6 Å². The van der Waals surface area contributed by atoms with E-state index >= 15 is 0 Å². The van der Waals surface area contributed by atoms with Crippen LogP contribution in [-0.4, -0.2) is 61.4 Å². The van der Waals surface area contributed by atoms with Gasteiger partial charge in [0.2, 0.25) is 10.0 Å². The Labute approximate surface area is 145 Å². The van der Waals surface area contributed by atoms with E-state index in [0.717, 1.165) is 13.1 Å². The molecule has 0 atom stereocenters. The van der Waals surface area contributed by atoms with Crippen LogP contribution in [0, 0.1) is 5.92 Å². The Morgan fingerprint density at radius 3 is 2.04 bits per heavy atom. The van der Waals surface area contributed by atoms with Gasteiger partial charge in [-0.1, -0.05) is 27.7 Å². The summed E-state index contributed by atoms with van der Waals surface area (Å²) in [6.07, 6.45) is 0. The number of sulfonamides is 1. The average Bonchev–Trinajstić information content (AvgIpc) is 2.54. The number of benzene rings is 1. The van der Waals surface area contributed by atoms with E-state index in [4.69, 9.17) is 5.11 Å². The summed E-state index contributed by atoms with van der Waals surface area (Å²) >= 11 is 0. The molecule has 0 fully saturated rings. The van der Waals surface area contributed by atoms with Crippen LogP contribution in [-0.2, 0) is 10.0 Å². The highest BCUT2D eigenvalue weighted by Gasteiger charge is 2.25. The first-order chi connectivity index (χ1) is 11.2. The summed E-state index contributed by atoms with van der Waals surface area (Å²) in [5.41, 5.74) is 0.0764. The maximum Gasteiger partial charge on any atom is 0.335 e. The lowest BCUT2D eigenvalue weighted by Gasteiger charge is -2.27. The van der Waals surface area contributed by atoms with Crippen molar-refractivity contribution in [1.29, 1.82) is 0 Å². The Morgan fingerprint density at radius 2 is 1.62 bits per heavy atom. The highest BCUT2D eigenvalue weighted by atomic mass is 32.2. The predicted molar refractivity (Wildman–Crippen MR) is 94.8 cm³/mol. The SMILES string of the molecule is CCN(CC)CCN(CC(C)C)S(=O)(=O)c1ccc(C(=O)O)cc1. The van der Waals surface area contributed by atoms with Crippen LogP contribution < -0.4 is 0 Å². The Morgan fingerprint density at radius 1 is 1.08 bits per heavy atom. The van der Waals surface area contributed by atoms with Crippen molar-refractivity contribution in [3.8, 4) is 0 Å². The molecule has 0 aliphatic rings. The molecule has 7 heteroatoms. The fourth-order valence-corrected chi connectivity index (χ4v) is 4.02. The highest BCUT2D eigenvalue weighted by molar-refractivity contribution is 7.89. The molecular formula is C17H28N2O4S. The van der Waals surface area contributed by atoms with Gasteiger partial charge in [-0.3, -0.25) is 0 Å². The number of likely N-dealkylation sites (N-methyl/N-ethyl adjacent to an activating group) is 1. The summed E-state index contributed by atoms with van der Waals surface area (Å²) in [5.74, 6) is -0.866. The predicted octanol–water partition coefficient (Wildman–Crippen LogP) is 2.37. The lowest BCUT2D eigenvalue weighted by atomic mass is 10.2. The summed E-state index contributed by atoms with van der Waals surface area (Å²) < 4.78 is 27.3. The second-order valence-corrected chi connectivity index (χ2v) is 8.05. The van der Waals surface area contributed by atoms with E-state index in [0.29, 0.717) is 19.6 Å². The minimum atomic E-state index is -3.64. The number of hydrogen-bond donors (Lipinski definition) is 1. The monoisotopic (exact) mass is 356 g/mol. The summed E-state index contributed by atoms with van der Waals surface area (Å²) in [6, 6.07) is 5.38. The maximum atomic E-state index is 12.9. The van der Waals surface area contributed by atoms with Crippen molar-refractivity contribution in [2.75, 3.05) is 32.7 Å². The molecule has 0 aromatic heterocycles. The molecule has 0 aliphatic heterocycles. The molecule has 1 aromatic rings. The third-order valence-electron chi connectivity index (χ3n) is 3.87. The maximum absolute atomic E-state index is 12.9. The van der Waals surface area contributed by atoms with Crippen LogP contribution in [0.2, 0.25) is 0 Å². The van der Waals surface area contributed by atoms with Gasteiger partial charge in [0.05, 0.1) is 10.5 Å². The first-order valence-corrected chi connectivity index (χ1v) is 9.72. The van der Waals surface area contributed by atoms with E-state index in [-0.39, 0.29) is 16.4 Å². The lowest BCUT2D eigenvalue weighted by molar-refractivity contribution is 0.0696. The Hall–Kier alpha value is -1.44. The zero-order valence-electron chi connectivity index (χ0n) is 14.9. The summed E-state index contributed by atoms with van der Waals surface area (Å²) in [4.78, 5) is 13.2. The van der Waals surface area contributed by atoms with Crippen molar-refractivity contribution in [3.05, 3.63) is 29.8 Å². The third kappa shape index (κ3) is 5.58. The zero-order valence-corrected chi connectivity index (χ0v) is 15.7. The molecule has 0 radical (unpaired) electrons. The van der Waals surface area contributed by atoms with Gasteiger partial charge in [0.25, 0.3) is 0 Å². The Balaban J connectivity index is 3.03. The number of carboxylic acids is 1. The molecule has 6 nitrogen and oxygen atoms in total. The summed E-state index contributed by atoms with van der Waals surface area (Å²) in [5, 5.41) is 8.94. The molecule has 24 heavy (non-hydrogen) atoms. The molecule has 0 aliphatic carbocycles. The van der Waals surface area contributed by atoms with Crippen LogP contribution in [0.1, 0.15) is 38.1 Å². The molecule has 0 saturated carbocycles. The van der Waals surface area contributed by atoms with Gasteiger partial charge in [-0.2, -0.15) is 4.31 Å². The number of carbonyl (C=O) groups is 1. The van der Waals surface area contributed by atoms with Crippen LogP contribution in [0.15, 0.2) is 29.2 Å². The van der Waals surface area contributed by atoms with Gasteiger partial charge in [-0.15, -0.1) is 0 Å². The molecule has 1 N–H and O–H groups in total. The molecule has 136 valence electrons. The largest absolute Gasteiger partial charge is 0.478 e. The van der Waals surface area contributed by atoms with E-state index < -0.39 is 16.0 Å². The minimum absolute atomic E-state index is 0.0764. The van der Waals surface area contributed by atoms with Gasteiger partial charge >= 0.3 is 5.97 Å². The highest BCUT2D eigenvalue weighted by Crippen LogP contribution is 2.18. The van der Waals surface area contributed by atoms with Gasteiger partial charge in [-0.25, -0.2) is 13.2 Å². The molecule has 0 bridgehead atoms. The Bertz CT molecular complexity index is 622. The first-order valence-electron chi connectivity index (χ1n) is 8.28. The number of aromatic carboxylic acids is 1. The fourth-order valence-electron chi connectivity index (χ4n) is 2.43. The van der Waals surface area contributed by atoms with Crippen LogP contribution in [0.5, 0.6) is 0 Å². The molecular weight excluding hydrogens is 328 g/mol. The van der Waals surface area contributed by atoms with E-state index in [1.54, 1.807) is 0 Å². The second-order valence-electron chi connectivity index (χ2n) is 6.11. The number of nitrogens with zero attached hydrogens (tertiary/aromatic N) is 2. The molecule has 0 unspecified atom stereocenters. The third-order valence-corrected chi connectivity index (χ3v) is 5.75. The van der Waals surface area contributed by atoms with Crippen molar-refractivity contribution in [3.63, 3.8) is 0 Å². The fraction of sp³-hybridized carbons (Fsp3) is 0.588. The molecule has 1 aromatic carbocycles. The number of hydrogen-bond acceptors (Lipinski definition) is 4. The summed E-state index contributed by atoms with van der Waals surface area (Å²) in [7, 11) is -3.64. The van der Waals surface area contributed by atoms with Crippen molar-refractivity contribution in [1.82, 2.24) is 9.21 Å². The Kier molecular flexibility index (Phi) is 7.86. The zero-order chi connectivity index (χ0) is 18.3. The number of carboxylic acid groups (broad SMARTS) is 1. The van der Waals surface area contributed by atoms with Gasteiger partial charge < -0.3 is 10.0 Å². The quantitative estimate of drug-likeness (QED) is 0.696.